The van der Waals surface area contributed by atoms with E-state index in [9.17, 15) is 5.11 Å². The smallest absolute Gasteiger partial charge is 0.0690 e. The summed E-state index contributed by atoms with van der Waals surface area (Å²) in [5.41, 5.74) is -0.232. The van der Waals surface area contributed by atoms with E-state index in [1.54, 1.807) is 0 Å². The van der Waals surface area contributed by atoms with Crippen LogP contribution in [-0.4, -0.2) is 35.2 Å². The van der Waals surface area contributed by atoms with Crippen molar-refractivity contribution in [1.29, 1.82) is 0 Å². The van der Waals surface area contributed by atoms with Crippen LogP contribution < -0.4 is 0 Å². The molecule has 0 radical (unpaired) electrons. The number of rotatable bonds is 2. The number of aliphatic hydroxyl groups is 1. The van der Waals surface area contributed by atoms with Crippen LogP contribution in [0.5, 0.6) is 0 Å². The van der Waals surface area contributed by atoms with Gasteiger partial charge in [-0.05, 0) is 32.4 Å². The molecule has 1 aliphatic carbocycles. The second-order valence-corrected chi connectivity index (χ2v) is 3.98. The number of likely N-dealkylation sites (tertiary alicyclic amines) is 1. The molecule has 1 aliphatic heterocycles. The summed E-state index contributed by atoms with van der Waals surface area (Å²) in [6.45, 7) is 5.67. The zero-order valence-corrected chi connectivity index (χ0v) is 7.21. The van der Waals surface area contributed by atoms with E-state index in [-0.39, 0.29) is 5.60 Å². The Labute approximate surface area is 68.2 Å². The van der Waals surface area contributed by atoms with Crippen LogP contribution in [-0.2, 0) is 0 Å². The summed E-state index contributed by atoms with van der Waals surface area (Å²) in [6.07, 6.45) is 3.31. The maximum atomic E-state index is 9.82. The molecular weight excluding hydrogens is 138 g/mol. The molecule has 1 atom stereocenters. The minimum absolute atomic E-state index is 0.232. The van der Waals surface area contributed by atoms with Crippen molar-refractivity contribution in [3.8, 4) is 0 Å². The number of hydrogen-bond donors (Lipinski definition) is 1. The van der Waals surface area contributed by atoms with Gasteiger partial charge in [-0.1, -0.05) is 6.92 Å². The Morgan fingerprint density at radius 2 is 2.27 bits per heavy atom. The van der Waals surface area contributed by atoms with E-state index >= 15 is 0 Å². The summed E-state index contributed by atoms with van der Waals surface area (Å²) in [7, 11) is 0. The highest BCUT2D eigenvalue weighted by Gasteiger charge is 2.49. The Bertz CT molecular complexity index is 154. The Morgan fingerprint density at radius 3 is 2.73 bits per heavy atom. The van der Waals surface area contributed by atoms with Gasteiger partial charge in [-0.15, -0.1) is 0 Å². The highest BCUT2D eigenvalue weighted by molar-refractivity contribution is 5.02. The number of nitrogens with zero attached hydrogens (tertiary/aromatic N) is 1. The molecule has 0 aromatic carbocycles. The minimum atomic E-state index is -0.232. The SMILES string of the molecule is CCN1CCC(C2(O)CC2)C1. The predicted octanol–water partition coefficient (Wildman–Crippen LogP) is 0.853. The molecule has 0 spiro atoms. The van der Waals surface area contributed by atoms with Crippen molar-refractivity contribution in [3.05, 3.63) is 0 Å². The van der Waals surface area contributed by atoms with E-state index in [1.807, 2.05) is 0 Å². The van der Waals surface area contributed by atoms with E-state index < -0.39 is 0 Å². The third-order valence-electron chi connectivity index (χ3n) is 3.24. The summed E-state index contributed by atoms with van der Waals surface area (Å²) < 4.78 is 0. The molecule has 64 valence electrons. The first-order valence-corrected chi connectivity index (χ1v) is 4.69. The molecule has 2 heteroatoms. The zero-order chi connectivity index (χ0) is 7.90. The average Bonchev–Trinajstić information content (AvgIpc) is 2.61. The molecule has 2 fully saturated rings. The van der Waals surface area contributed by atoms with Crippen LogP contribution in [0.3, 0.4) is 0 Å². The fourth-order valence-corrected chi connectivity index (χ4v) is 2.09. The molecule has 2 aliphatic rings. The quantitative estimate of drug-likeness (QED) is 0.639. The lowest BCUT2D eigenvalue weighted by Crippen LogP contribution is -2.26. The molecule has 2 nitrogen and oxygen atoms in total. The van der Waals surface area contributed by atoms with Gasteiger partial charge in [0.05, 0.1) is 5.60 Å². The summed E-state index contributed by atoms with van der Waals surface area (Å²) >= 11 is 0. The van der Waals surface area contributed by atoms with Crippen molar-refractivity contribution in [1.82, 2.24) is 4.90 Å². The van der Waals surface area contributed by atoms with E-state index in [4.69, 9.17) is 0 Å². The summed E-state index contributed by atoms with van der Waals surface area (Å²) in [4.78, 5) is 2.43. The molecule has 1 saturated carbocycles. The zero-order valence-electron chi connectivity index (χ0n) is 7.21. The van der Waals surface area contributed by atoms with Crippen molar-refractivity contribution < 1.29 is 5.11 Å². The number of hydrogen-bond acceptors (Lipinski definition) is 2. The van der Waals surface area contributed by atoms with Gasteiger partial charge in [0.2, 0.25) is 0 Å². The van der Waals surface area contributed by atoms with Crippen LogP contribution >= 0.6 is 0 Å². The maximum absolute atomic E-state index is 9.82. The van der Waals surface area contributed by atoms with Crippen LogP contribution in [0.4, 0.5) is 0 Å². The molecule has 1 N–H and O–H groups in total. The topological polar surface area (TPSA) is 23.5 Å². The predicted molar refractivity (Wildman–Crippen MR) is 44.4 cm³/mol. The Morgan fingerprint density at radius 1 is 1.55 bits per heavy atom. The summed E-state index contributed by atoms with van der Waals surface area (Å²) in [5.74, 6) is 0.586. The lowest BCUT2D eigenvalue weighted by atomic mass is 10.00. The van der Waals surface area contributed by atoms with Gasteiger partial charge < -0.3 is 10.0 Å². The fourth-order valence-electron chi connectivity index (χ4n) is 2.09. The first-order chi connectivity index (χ1) is 5.24. The summed E-state index contributed by atoms with van der Waals surface area (Å²) in [6, 6.07) is 0. The van der Waals surface area contributed by atoms with Crippen LogP contribution in [0.25, 0.3) is 0 Å². The van der Waals surface area contributed by atoms with Crippen molar-refractivity contribution in [2.45, 2.75) is 31.8 Å². The summed E-state index contributed by atoms with van der Waals surface area (Å²) in [5, 5.41) is 9.82. The van der Waals surface area contributed by atoms with Gasteiger partial charge in [0.25, 0.3) is 0 Å². The first-order valence-electron chi connectivity index (χ1n) is 4.69. The molecule has 0 bridgehead atoms. The van der Waals surface area contributed by atoms with Crippen LogP contribution in [0, 0.1) is 5.92 Å². The molecule has 11 heavy (non-hydrogen) atoms. The van der Waals surface area contributed by atoms with Crippen LogP contribution in [0.15, 0.2) is 0 Å². The monoisotopic (exact) mass is 155 g/mol. The van der Waals surface area contributed by atoms with E-state index in [2.05, 4.69) is 11.8 Å². The molecular formula is C9H17NO. The minimum Gasteiger partial charge on any atom is -0.390 e. The Kier molecular flexibility index (Phi) is 1.69. The van der Waals surface area contributed by atoms with Gasteiger partial charge >= 0.3 is 0 Å². The molecule has 1 heterocycles. The molecule has 2 rings (SSSR count). The van der Waals surface area contributed by atoms with Gasteiger partial charge in [-0.25, -0.2) is 0 Å². The van der Waals surface area contributed by atoms with Gasteiger partial charge in [-0.2, -0.15) is 0 Å². The standard InChI is InChI=1S/C9H17NO/c1-2-10-6-3-8(7-10)9(11)4-5-9/h8,11H,2-7H2,1H3. The fraction of sp³-hybridized carbons (Fsp3) is 1.00. The second kappa shape index (κ2) is 2.46. The van der Waals surface area contributed by atoms with Gasteiger partial charge in [0.1, 0.15) is 0 Å². The molecule has 0 amide bonds. The van der Waals surface area contributed by atoms with E-state index in [0.717, 1.165) is 25.9 Å². The Hall–Kier alpha value is -0.0800. The first kappa shape index (κ1) is 7.56. The van der Waals surface area contributed by atoms with E-state index in [1.165, 1.54) is 13.0 Å². The van der Waals surface area contributed by atoms with Crippen molar-refractivity contribution in [3.63, 3.8) is 0 Å². The van der Waals surface area contributed by atoms with Crippen LogP contribution in [0.2, 0.25) is 0 Å². The van der Waals surface area contributed by atoms with Gasteiger partial charge in [-0.3, -0.25) is 0 Å². The molecule has 1 unspecified atom stereocenters. The average molecular weight is 155 g/mol. The highest BCUT2D eigenvalue weighted by atomic mass is 16.3. The third-order valence-corrected chi connectivity index (χ3v) is 3.24. The van der Waals surface area contributed by atoms with Gasteiger partial charge in [0, 0.05) is 12.5 Å². The lowest BCUT2D eigenvalue weighted by molar-refractivity contribution is 0.0854. The highest BCUT2D eigenvalue weighted by Crippen LogP contribution is 2.45. The second-order valence-electron chi connectivity index (χ2n) is 3.98. The Balaban J connectivity index is 1.89. The van der Waals surface area contributed by atoms with Crippen molar-refractivity contribution in [2.24, 2.45) is 5.92 Å². The van der Waals surface area contributed by atoms with Crippen LogP contribution in [0.1, 0.15) is 26.2 Å². The lowest BCUT2D eigenvalue weighted by Gasteiger charge is -2.17. The van der Waals surface area contributed by atoms with Gasteiger partial charge in [0.15, 0.2) is 0 Å². The maximum Gasteiger partial charge on any atom is 0.0690 e. The molecule has 0 aromatic rings. The molecule has 1 saturated heterocycles. The van der Waals surface area contributed by atoms with Crippen molar-refractivity contribution in [2.75, 3.05) is 19.6 Å². The largest absolute Gasteiger partial charge is 0.390 e. The van der Waals surface area contributed by atoms with Crippen molar-refractivity contribution >= 4 is 0 Å². The normalized spacial score (nSPS) is 36.0. The molecule has 0 aromatic heterocycles. The van der Waals surface area contributed by atoms with E-state index in [0.29, 0.717) is 5.92 Å². The third kappa shape index (κ3) is 1.30.